The third-order valence-corrected chi connectivity index (χ3v) is 1.44. The maximum Gasteiger partial charge on any atom is 0.308 e. The van der Waals surface area contributed by atoms with Crippen molar-refractivity contribution in [3.8, 4) is 5.75 Å². The average Bonchev–Trinajstić information content (AvgIpc) is 2.06. The maximum absolute atomic E-state index is 8.87. The van der Waals surface area contributed by atoms with Gasteiger partial charge in [-0.3, -0.25) is 0 Å². The molecule has 0 radical (unpaired) electrons. The zero-order valence-electron chi connectivity index (χ0n) is 6.58. The van der Waals surface area contributed by atoms with E-state index in [1.807, 2.05) is 31.2 Å². The lowest BCUT2D eigenvalue weighted by molar-refractivity contribution is 0.342. The van der Waals surface area contributed by atoms with Crippen LogP contribution in [0.5, 0.6) is 5.75 Å². The van der Waals surface area contributed by atoms with Gasteiger partial charge in [0.25, 0.3) is 0 Å². The molecule has 2 nitrogen and oxygen atoms in total. The number of hydrogen-bond acceptors (Lipinski definition) is 2. The van der Waals surface area contributed by atoms with Crippen LogP contribution in [0.25, 0.3) is 0 Å². The summed E-state index contributed by atoms with van der Waals surface area (Å²) in [6.45, 7) is 2.56. The van der Waals surface area contributed by atoms with Crippen molar-refractivity contribution in [3.05, 3.63) is 24.3 Å². The molecule has 1 aromatic carbocycles. The summed E-state index contributed by atoms with van der Waals surface area (Å²) in [5, 5.41) is 8.87. The monoisotopic (exact) mass is 150 g/mol. The van der Waals surface area contributed by atoms with Gasteiger partial charge in [0.15, 0.2) is 0 Å². The lowest BCUT2D eigenvalue weighted by Crippen LogP contribution is -2.16. The van der Waals surface area contributed by atoms with Gasteiger partial charge >= 0.3 is 7.48 Å². The third kappa shape index (κ3) is 1.98. The van der Waals surface area contributed by atoms with Crippen LogP contribution in [0.15, 0.2) is 24.3 Å². The van der Waals surface area contributed by atoms with Crippen LogP contribution < -0.4 is 10.2 Å². The van der Waals surface area contributed by atoms with Crippen LogP contribution >= 0.6 is 0 Å². The summed E-state index contributed by atoms with van der Waals surface area (Å²) in [6.07, 6.45) is 0. The lowest BCUT2D eigenvalue weighted by atomic mass is 9.88. The van der Waals surface area contributed by atoms with Crippen LogP contribution in [-0.4, -0.2) is 19.1 Å². The molecule has 0 heterocycles. The normalized spacial score (nSPS) is 9.27. The highest BCUT2D eigenvalue weighted by molar-refractivity contribution is 6.46. The quantitative estimate of drug-likeness (QED) is 0.617. The molecule has 0 aliphatic rings. The summed E-state index contributed by atoms with van der Waals surface area (Å²) in [5.41, 5.74) is 0.842. The lowest BCUT2D eigenvalue weighted by Gasteiger charge is -2.05. The second kappa shape index (κ2) is 4.03. The van der Waals surface area contributed by atoms with Crippen molar-refractivity contribution in [2.45, 2.75) is 6.92 Å². The first-order valence-electron chi connectivity index (χ1n) is 3.70. The van der Waals surface area contributed by atoms with E-state index in [0.29, 0.717) is 6.61 Å². The summed E-state index contributed by atoms with van der Waals surface area (Å²) >= 11 is 0. The van der Waals surface area contributed by atoms with Crippen molar-refractivity contribution in [3.63, 3.8) is 0 Å². The van der Waals surface area contributed by atoms with Gasteiger partial charge in [-0.15, -0.1) is 0 Å². The van der Waals surface area contributed by atoms with E-state index in [9.17, 15) is 0 Å². The Morgan fingerprint density at radius 2 is 2.18 bits per heavy atom. The molecule has 0 unspecified atom stereocenters. The van der Waals surface area contributed by atoms with Crippen LogP contribution in [0.3, 0.4) is 0 Å². The zero-order valence-corrected chi connectivity index (χ0v) is 6.58. The molecule has 0 fully saturated rings. The van der Waals surface area contributed by atoms with Crippen molar-refractivity contribution in [1.29, 1.82) is 0 Å². The molecule has 0 saturated heterocycles. The minimum absolute atomic E-state index is 0.0379. The SMILES string of the molecule is CCOc1ccccc1BO. The van der Waals surface area contributed by atoms with Crippen LogP contribution in [0.4, 0.5) is 0 Å². The van der Waals surface area contributed by atoms with Crippen molar-refractivity contribution in [1.82, 2.24) is 0 Å². The Morgan fingerprint density at radius 3 is 2.82 bits per heavy atom. The van der Waals surface area contributed by atoms with Crippen molar-refractivity contribution < 1.29 is 9.76 Å². The minimum atomic E-state index is 0.0379. The highest BCUT2D eigenvalue weighted by atomic mass is 16.5. The van der Waals surface area contributed by atoms with Crippen LogP contribution in [0, 0.1) is 0 Å². The topological polar surface area (TPSA) is 29.5 Å². The van der Waals surface area contributed by atoms with Gasteiger partial charge in [-0.05, 0) is 18.5 Å². The highest BCUT2D eigenvalue weighted by Crippen LogP contribution is 2.04. The van der Waals surface area contributed by atoms with E-state index in [2.05, 4.69) is 0 Å². The molecular formula is C8H11BO2. The Kier molecular flexibility index (Phi) is 2.99. The molecule has 0 bridgehead atoms. The molecule has 0 spiro atoms. The maximum atomic E-state index is 8.87. The van der Waals surface area contributed by atoms with Gasteiger partial charge in [-0.25, -0.2) is 0 Å². The number of ether oxygens (including phenoxy) is 1. The molecule has 1 aromatic rings. The summed E-state index contributed by atoms with van der Waals surface area (Å²) < 4.78 is 5.27. The highest BCUT2D eigenvalue weighted by Gasteiger charge is 2.00. The third-order valence-electron chi connectivity index (χ3n) is 1.44. The van der Waals surface area contributed by atoms with E-state index in [1.54, 1.807) is 0 Å². The van der Waals surface area contributed by atoms with Gasteiger partial charge in [0.05, 0.1) is 6.61 Å². The Labute approximate surface area is 67.1 Å². The Hall–Kier alpha value is -0.955. The summed E-state index contributed by atoms with van der Waals surface area (Å²) in [6, 6.07) is 7.48. The molecule has 11 heavy (non-hydrogen) atoms. The molecular weight excluding hydrogens is 139 g/mol. The van der Waals surface area contributed by atoms with Crippen LogP contribution in [-0.2, 0) is 0 Å². The van der Waals surface area contributed by atoms with Gasteiger partial charge < -0.3 is 9.76 Å². The molecule has 0 aliphatic heterocycles. The number of rotatable bonds is 3. The fraction of sp³-hybridized carbons (Fsp3) is 0.250. The second-order valence-electron chi connectivity index (χ2n) is 2.20. The smallest absolute Gasteiger partial charge is 0.308 e. The van der Waals surface area contributed by atoms with Crippen molar-refractivity contribution in [2.75, 3.05) is 6.61 Å². The second-order valence-corrected chi connectivity index (χ2v) is 2.20. The molecule has 0 aromatic heterocycles. The Bertz CT molecular complexity index is 225. The van der Waals surface area contributed by atoms with E-state index in [-0.39, 0.29) is 7.48 Å². The molecule has 1 N–H and O–H groups in total. The van der Waals surface area contributed by atoms with Crippen molar-refractivity contribution in [2.24, 2.45) is 0 Å². The summed E-state index contributed by atoms with van der Waals surface area (Å²) in [5.74, 6) is 0.775. The molecule has 0 atom stereocenters. The van der Waals surface area contributed by atoms with Gasteiger partial charge in [-0.1, -0.05) is 18.2 Å². The van der Waals surface area contributed by atoms with E-state index >= 15 is 0 Å². The number of hydrogen-bond donors (Lipinski definition) is 1. The van der Waals surface area contributed by atoms with Gasteiger partial charge in [0.1, 0.15) is 5.75 Å². The molecule has 0 amide bonds. The van der Waals surface area contributed by atoms with Crippen LogP contribution in [0.2, 0.25) is 0 Å². The van der Waals surface area contributed by atoms with E-state index in [1.165, 1.54) is 0 Å². The standard InChI is InChI=1S/C8H11BO2/c1-2-11-8-6-4-3-5-7(8)9-10/h3-6,9-10H,2H2,1H3. The predicted molar refractivity (Wildman–Crippen MR) is 46.6 cm³/mol. The minimum Gasteiger partial charge on any atom is -0.494 e. The predicted octanol–water partition coefficient (Wildman–Crippen LogP) is 0.0544. The fourth-order valence-corrected chi connectivity index (χ4v) is 0.931. The first-order chi connectivity index (χ1) is 5.38. The molecule has 0 aliphatic carbocycles. The van der Waals surface area contributed by atoms with Gasteiger partial charge in [-0.2, -0.15) is 0 Å². The van der Waals surface area contributed by atoms with Crippen molar-refractivity contribution >= 4 is 12.9 Å². The molecule has 58 valence electrons. The zero-order chi connectivity index (χ0) is 8.10. The first kappa shape index (κ1) is 8.14. The van der Waals surface area contributed by atoms with E-state index in [4.69, 9.17) is 9.76 Å². The average molecular weight is 150 g/mol. The van der Waals surface area contributed by atoms with Gasteiger partial charge in [0.2, 0.25) is 0 Å². The molecule has 1 rings (SSSR count). The fourth-order valence-electron chi connectivity index (χ4n) is 0.931. The Balaban J connectivity index is 2.83. The first-order valence-corrected chi connectivity index (χ1v) is 3.70. The largest absolute Gasteiger partial charge is 0.494 e. The van der Waals surface area contributed by atoms with E-state index in [0.717, 1.165) is 11.2 Å². The Morgan fingerprint density at radius 1 is 1.45 bits per heavy atom. The summed E-state index contributed by atoms with van der Waals surface area (Å²) in [7, 11) is 0.0379. The molecule has 3 heteroatoms. The molecule has 0 saturated carbocycles. The van der Waals surface area contributed by atoms with Gasteiger partial charge in [0, 0.05) is 0 Å². The summed E-state index contributed by atoms with van der Waals surface area (Å²) in [4.78, 5) is 0. The van der Waals surface area contributed by atoms with E-state index < -0.39 is 0 Å². The number of para-hydroxylation sites is 1. The van der Waals surface area contributed by atoms with Crippen LogP contribution in [0.1, 0.15) is 6.92 Å². The number of benzene rings is 1.